The van der Waals surface area contributed by atoms with Crippen molar-refractivity contribution in [3.05, 3.63) is 11.6 Å². The van der Waals surface area contributed by atoms with Gasteiger partial charge in [0.1, 0.15) is 0 Å². The molecule has 0 aromatic heterocycles. The lowest BCUT2D eigenvalue weighted by atomic mass is 9.96. The van der Waals surface area contributed by atoms with E-state index in [1.54, 1.807) is 11.9 Å². The minimum atomic E-state index is -3.07. The fourth-order valence-electron chi connectivity index (χ4n) is 3.42. The van der Waals surface area contributed by atoms with E-state index in [0.717, 1.165) is 32.1 Å². The molecule has 0 saturated heterocycles. The van der Waals surface area contributed by atoms with E-state index in [2.05, 4.69) is 6.08 Å². The zero-order valence-electron chi connectivity index (χ0n) is 12.5. The Balaban J connectivity index is 2.01. The Hall–Kier alpha value is -0.840. The van der Waals surface area contributed by atoms with Crippen LogP contribution in [0.2, 0.25) is 0 Å². The Labute approximate surface area is 122 Å². The molecule has 1 fully saturated rings. The average Bonchev–Trinajstić information content (AvgIpc) is 2.88. The molecule has 1 amide bonds. The first kappa shape index (κ1) is 15.5. The van der Waals surface area contributed by atoms with Crippen LogP contribution in [0.3, 0.4) is 0 Å². The van der Waals surface area contributed by atoms with Crippen LogP contribution in [0, 0.1) is 0 Å². The number of nitrogens with zero attached hydrogens (tertiary/aromatic N) is 1. The van der Waals surface area contributed by atoms with Gasteiger partial charge in [-0.2, -0.15) is 0 Å². The summed E-state index contributed by atoms with van der Waals surface area (Å²) in [6.07, 6.45) is 10.8. The molecule has 2 aliphatic carbocycles. The average molecular weight is 299 g/mol. The minimum absolute atomic E-state index is 0.0682. The van der Waals surface area contributed by atoms with Gasteiger partial charge in [0.2, 0.25) is 5.91 Å². The molecule has 20 heavy (non-hydrogen) atoms. The zero-order chi connectivity index (χ0) is 14.8. The smallest absolute Gasteiger partial charge is 0.226 e. The highest BCUT2D eigenvalue weighted by atomic mass is 32.2. The lowest BCUT2D eigenvalue weighted by molar-refractivity contribution is -0.131. The molecule has 2 atom stereocenters. The summed E-state index contributed by atoms with van der Waals surface area (Å²) in [6.45, 7) is 0. The molecule has 0 aliphatic heterocycles. The number of carbonyl (C=O) groups is 1. The van der Waals surface area contributed by atoms with Crippen molar-refractivity contribution in [2.75, 3.05) is 13.3 Å². The molecular weight excluding hydrogens is 274 g/mol. The third-order valence-corrected chi connectivity index (χ3v) is 6.27. The van der Waals surface area contributed by atoms with Crippen LogP contribution in [-0.2, 0) is 14.6 Å². The van der Waals surface area contributed by atoms with Crippen molar-refractivity contribution in [1.82, 2.24) is 4.90 Å². The van der Waals surface area contributed by atoms with Gasteiger partial charge < -0.3 is 4.90 Å². The maximum Gasteiger partial charge on any atom is 0.226 e. The summed E-state index contributed by atoms with van der Waals surface area (Å²) < 4.78 is 23.6. The van der Waals surface area contributed by atoms with Crippen molar-refractivity contribution < 1.29 is 13.2 Å². The molecule has 2 rings (SSSR count). The number of carbonyl (C=O) groups excluding carboxylic acids is 1. The summed E-state index contributed by atoms with van der Waals surface area (Å²) in [4.78, 5) is 14.0. The van der Waals surface area contributed by atoms with E-state index >= 15 is 0 Å². The first-order valence-electron chi connectivity index (χ1n) is 7.52. The van der Waals surface area contributed by atoms with Crippen LogP contribution >= 0.6 is 0 Å². The Morgan fingerprint density at radius 2 is 2.05 bits per heavy atom. The van der Waals surface area contributed by atoms with E-state index in [0.29, 0.717) is 12.8 Å². The van der Waals surface area contributed by atoms with E-state index in [9.17, 15) is 13.2 Å². The van der Waals surface area contributed by atoms with Crippen LogP contribution in [0.5, 0.6) is 0 Å². The van der Waals surface area contributed by atoms with Gasteiger partial charge in [-0.05, 0) is 44.9 Å². The molecule has 4 nitrogen and oxygen atoms in total. The zero-order valence-corrected chi connectivity index (χ0v) is 13.3. The van der Waals surface area contributed by atoms with Gasteiger partial charge in [0, 0.05) is 25.8 Å². The van der Waals surface area contributed by atoms with E-state index in [-0.39, 0.29) is 17.2 Å². The standard InChI is InChI=1S/C15H25NO3S/c1-16(13-9-6-10-14(13)20(2,18)19)15(17)11-12-7-4-3-5-8-12/h7,13-14H,3-6,8-11H2,1-2H3. The third kappa shape index (κ3) is 3.62. The maximum absolute atomic E-state index is 12.4. The Morgan fingerprint density at radius 1 is 1.30 bits per heavy atom. The normalized spacial score (nSPS) is 27.2. The summed E-state index contributed by atoms with van der Waals surface area (Å²) in [5, 5.41) is -0.378. The highest BCUT2D eigenvalue weighted by Crippen LogP contribution is 2.30. The monoisotopic (exact) mass is 299 g/mol. The lowest BCUT2D eigenvalue weighted by Gasteiger charge is -2.29. The van der Waals surface area contributed by atoms with Crippen LogP contribution in [0.25, 0.3) is 0 Å². The molecule has 2 unspecified atom stereocenters. The quantitative estimate of drug-likeness (QED) is 0.749. The summed E-state index contributed by atoms with van der Waals surface area (Å²) >= 11 is 0. The highest BCUT2D eigenvalue weighted by molar-refractivity contribution is 7.91. The second kappa shape index (κ2) is 6.29. The molecule has 0 radical (unpaired) electrons. The van der Waals surface area contributed by atoms with E-state index < -0.39 is 9.84 Å². The van der Waals surface area contributed by atoms with Gasteiger partial charge in [0.25, 0.3) is 0 Å². The van der Waals surface area contributed by atoms with Gasteiger partial charge in [0.05, 0.1) is 5.25 Å². The molecule has 0 heterocycles. The first-order valence-corrected chi connectivity index (χ1v) is 9.47. The highest BCUT2D eigenvalue weighted by Gasteiger charge is 2.38. The van der Waals surface area contributed by atoms with E-state index in [1.165, 1.54) is 18.2 Å². The van der Waals surface area contributed by atoms with E-state index in [1.807, 2.05) is 0 Å². The number of sulfone groups is 1. The summed E-state index contributed by atoms with van der Waals surface area (Å²) in [7, 11) is -1.31. The van der Waals surface area contributed by atoms with Crippen LogP contribution in [0.15, 0.2) is 11.6 Å². The van der Waals surface area contributed by atoms with Crippen LogP contribution in [0.4, 0.5) is 0 Å². The predicted molar refractivity (Wildman–Crippen MR) is 80.2 cm³/mol. The van der Waals surface area contributed by atoms with Crippen molar-refractivity contribution in [3.63, 3.8) is 0 Å². The summed E-state index contributed by atoms with van der Waals surface area (Å²) in [5.41, 5.74) is 1.22. The second-order valence-electron chi connectivity index (χ2n) is 6.16. The number of hydrogen-bond donors (Lipinski definition) is 0. The predicted octanol–water partition coefficient (Wildman–Crippen LogP) is 2.30. The van der Waals surface area contributed by atoms with Crippen molar-refractivity contribution >= 4 is 15.7 Å². The molecule has 0 N–H and O–H groups in total. The van der Waals surface area contributed by atoms with E-state index in [4.69, 9.17) is 0 Å². The van der Waals surface area contributed by atoms with Crippen LogP contribution in [0.1, 0.15) is 51.4 Å². The van der Waals surface area contributed by atoms with Crippen molar-refractivity contribution in [3.8, 4) is 0 Å². The van der Waals surface area contributed by atoms with Crippen molar-refractivity contribution in [2.24, 2.45) is 0 Å². The molecule has 0 aromatic carbocycles. The SMILES string of the molecule is CN(C(=O)CC1=CCCCC1)C1CCCC1S(C)(=O)=O. The molecule has 0 aromatic rings. The number of hydrogen-bond acceptors (Lipinski definition) is 3. The van der Waals surface area contributed by atoms with Gasteiger partial charge in [-0.3, -0.25) is 4.79 Å². The molecule has 114 valence electrons. The molecule has 2 aliphatic rings. The van der Waals surface area contributed by atoms with Gasteiger partial charge in [-0.25, -0.2) is 8.42 Å². The molecular formula is C15H25NO3S. The second-order valence-corrected chi connectivity index (χ2v) is 8.42. The van der Waals surface area contributed by atoms with Crippen molar-refractivity contribution in [1.29, 1.82) is 0 Å². The number of allylic oxidation sites excluding steroid dienone is 1. The summed E-state index contributed by atoms with van der Waals surface area (Å²) in [6, 6.07) is -0.137. The van der Waals surface area contributed by atoms with Crippen LogP contribution in [-0.4, -0.2) is 43.8 Å². The fourth-order valence-corrected chi connectivity index (χ4v) is 4.90. The molecule has 0 bridgehead atoms. The van der Waals surface area contributed by atoms with Gasteiger partial charge in [-0.15, -0.1) is 0 Å². The van der Waals surface area contributed by atoms with Gasteiger partial charge in [-0.1, -0.05) is 11.6 Å². The Morgan fingerprint density at radius 3 is 2.65 bits per heavy atom. The Kier molecular flexibility index (Phi) is 4.89. The van der Waals surface area contributed by atoms with Gasteiger partial charge >= 0.3 is 0 Å². The van der Waals surface area contributed by atoms with Gasteiger partial charge in [0.15, 0.2) is 9.84 Å². The largest absolute Gasteiger partial charge is 0.341 e. The first-order chi connectivity index (χ1) is 9.39. The molecule has 0 spiro atoms. The maximum atomic E-state index is 12.4. The topological polar surface area (TPSA) is 54.5 Å². The minimum Gasteiger partial charge on any atom is -0.341 e. The fraction of sp³-hybridized carbons (Fsp3) is 0.800. The number of amides is 1. The van der Waals surface area contributed by atoms with Crippen molar-refractivity contribution in [2.45, 2.75) is 62.7 Å². The number of rotatable bonds is 4. The Bertz CT molecular complexity index is 495. The molecule has 1 saturated carbocycles. The molecule has 5 heteroatoms. The van der Waals surface area contributed by atoms with Crippen LogP contribution < -0.4 is 0 Å². The lowest BCUT2D eigenvalue weighted by Crippen LogP contribution is -2.44. The summed E-state index contributed by atoms with van der Waals surface area (Å²) in [5.74, 6) is 0.0682. The third-order valence-electron chi connectivity index (χ3n) is 4.62.